The standard InChI is InChI=1S/C23H16BrN3O2S/c24-18-9-7-17(8-10-18)20-14-30-23(26-20)27(19-4-2-1-3-5-19)25-13-16-6-11-21-22(12-16)29-15-28-21/h1-14H,15H2. The van der Waals surface area contributed by atoms with E-state index in [-0.39, 0.29) is 6.79 Å². The Bertz CT molecular complexity index is 1190. The Balaban J connectivity index is 1.48. The fourth-order valence-electron chi connectivity index (χ4n) is 3.03. The normalized spacial score (nSPS) is 12.4. The molecule has 0 saturated carbocycles. The van der Waals surface area contributed by atoms with Gasteiger partial charge in [0, 0.05) is 15.4 Å². The number of aromatic nitrogens is 1. The zero-order chi connectivity index (χ0) is 20.3. The number of thiazole rings is 1. The molecule has 5 nitrogen and oxygen atoms in total. The lowest BCUT2D eigenvalue weighted by Crippen LogP contribution is -2.09. The predicted molar refractivity (Wildman–Crippen MR) is 124 cm³/mol. The summed E-state index contributed by atoms with van der Waals surface area (Å²) in [6, 6.07) is 23.9. The highest BCUT2D eigenvalue weighted by Gasteiger charge is 2.15. The van der Waals surface area contributed by atoms with Crippen LogP contribution in [0.3, 0.4) is 0 Å². The van der Waals surface area contributed by atoms with Crippen molar-refractivity contribution >= 4 is 44.3 Å². The number of nitrogens with zero attached hydrogens (tertiary/aromatic N) is 3. The summed E-state index contributed by atoms with van der Waals surface area (Å²) in [4.78, 5) is 4.83. The van der Waals surface area contributed by atoms with Crippen molar-refractivity contribution in [2.75, 3.05) is 11.8 Å². The summed E-state index contributed by atoms with van der Waals surface area (Å²) < 4.78 is 11.9. The molecule has 0 radical (unpaired) electrons. The molecule has 0 bridgehead atoms. The van der Waals surface area contributed by atoms with Crippen LogP contribution in [0.5, 0.6) is 11.5 Å². The first-order valence-corrected chi connectivity index (χ1v) is 10.9. The minimum Gasteiger partial charge on any atom is -0.454 e. The van der Waals surface area contributed by atoms with Gasteiger partial charge in [-0.05, 0) is 48.0 Å². The zero-order valence-electron chi connectivity index (χ0n) is 15.7. The number of fused-ring (bicyclic) bond motifs is 1. The average molecular weight is 478 g/mol. The molecule has 2 heterocycles. The maximum absolute atomic E-state index is 5.46. The second kappa shape index (κ2) is 8.30. The third kappa shape index (κ3) is 3.94. The van der Waals surface area contributed by atoms with Crippen molar-refractivity contribution in [3.8, 4) is 22.8 Å². The van der Waals surface area contributed by atoms with Gasteiger partial charge in [0.1, 0.15) is 0 Å². The number of halogens is 1. The fraction of sp³-hybridized carbons (Fsp3) is 0.0435. The molecule has 0 spiro atoms. The Morgan fingerprint density at radius 2 is 1.77 bits per heavy atom. The molecule has 30 heavy (non-hydrogen) atoms. The van der Waals surface area contributed by atoms with Gasteiger partial charge in [-0.2, -0.15) is 5.10 Å². The highest BCUT2D eigenvalue weighted by Crippen LogP contribution is 2.34. The summed E-state index contributed by atoms with van der Waals surface area (Å²) in [6.07, 6.45) is 1.80. The minimum atomic E-state index is 0.254. The molecule has 3 aromatic carbocycles. The van der Waals surface area contributed by atoms with Crippen molar-refractivity contribution in [3.63, 3.8) is 0 Å². The van der Waals surface area contributed by atoms with E-state index in [1.807, 2.05) is 83.2 Å². The van der Waals surface area contributed by atoms with Crippen LogP contribution in [-0.4, -0.2) is 18.0 Å². The molecule has 0 aliphatic carbocycles. The van der Waals surface area contributed by atoms with Crippen LogP contribution in [0.2, 0.25) is 0 Å². The first kappa shape index (κ1) is 18.8. The van der Waals surface area contributed by atoms with Gasteiger partial charge in [-0.25, -0.2) is 9.99 Å². The van der Waals surface area contributed by atoms with Gasteiger partial charge in [-0.3, -0.25) is 0 Å². The second-order valence-electron chi connectivity index (χ2n) is 6.53. The molecule has 0 amide bonds. The summed E-state index contributed by atoms with van der Waals surface area (Å²) in [5, 5.41) is 9.41. The molecule has 1 aromatic heterocycles. The molecular formula is C23H16BrN3O2S. The minimum absolute atomic E-state index is 0.254. The van der Waals surface area contributed by atoms with E-state index in [2.05, 4.69) is 15.9 Å². The molecule has 4 aromatic rings. The SMILES string of the molecule is Brc1ccc(-c2csc(N(N=Cc3ccc4c(c3)OCO4)c3ccccc3)n2)cc1. The summed E-state index contributed by atoms with van der Waals surface area (Å²) >= 11 is 5.03. The lowest BCUT2D eigenvalue weighted by Gasteiger charge is -2.15. The number of rotatable bonds is 5. The van der Waals surface area contributed by atoms with Crippen molar-refractivity contribution in [2.45, 2.75) is 0 Å². The molecule has 1 aliphatic heterocycles. The van der Waals surface area contributed by atoms with E-state index in [0.717, 1.165) is 43.6 Å². The van der Waals surface area contributed by atoms with E-state index in [4.69, 9.17) is 19.6 Å². The van der Waals surface area contributed by atoms with Crippen molar-refractivity contribution in [1.82, 2.24) is 4.98 Å². The molecule has 1 aliphatic rings. The highest BCUT2D eigenvalue weighted by atomic mass is 79.9. The Kier molecular flexibility index (Phi) is 5.21. The molecule has 0 saturated heterocycles. The van der Waals surface area contributed by atoms with Crippen molar-refractivity contribution in [1.29, 1.82) is 0 Å². The smallest absolute Gasteiger partial charge is 0.231 e. The number of ether oxygens (including phenoxy) is 2. The molecule has 0 unspecified atom stereocenters. The summed E-state index contributed by atoms with van der Waals surface area (Å²) in [5.74, 6) is 1.49. The number of para-hydroxylation sites is 1. The van der Waals surface area contributed by atoms with Gasteiger partial charge in [0.05, 0.1) is 17.6 Å². The van der Waals surface area contributed by atoms with Gasteiger partial charge in [0.2, 0.25) is 11.9 Å². The molecule has 0 atom stereocenters. The maximum atomic E-state index is 5.46. The van der Waals surface area contributed by atoms with E-state index >= 15 is 0 Å². The van der Waals surface area contributed by atoms with Crippen LogP contribution in [0, 0.1) is 0 Å². The van der Waals surface area contributed by atoms with Crippen LogP contribution in [0.15, 0.2) is 87.8 Å². The van der Waals surface area contributed by atoms with Crippen LogP contribution in [-0.2, 0) is 0 Å². The van der Waals surface area contributed by atoms with Crippen molar-refractivity contribution in [2.24, 2.45) is 5.10 Å². The van der Waals surface area contributed by atoms with Crippen LogP contribution < -0.4 is 14.5 Å². The van der Waals surface area contributed by atoms with Gasteiger partial charge in [-0.15, -0.1) is 11.3 Å². The Morgan fingerprint density at radius 3 is 2.60 bits per heavy atom. The van der Waals surface area contributed by atoms with E-state index in [1.165, 1.54) is 0 Å². The largest absolute Gasteiger partial charge is 0.454 e. The zero-order valence-corrected chi connectivity index (χ0v) is 18.1. The maximum Gasteiger partial charge on any atom is 0.231 e. The van der Waals surface area contributed by atoms with Crippen LogP contribution in [0.1, 0.15) is 5.56 Å². The van der Waals surface area contributed by atoms with E-state index in [0.29, 0.717) is 0 Å². The summed E-state index contributed by atoms with van der Waals surface area (Å²) in [5.41, 5.74) is 3.84. The fourth-order valence-corrected chi connectivity index (χ4v) is 4.10. The van der Waals surface area contributed by atoms with Gasteiger partial charge in [0.25, 0.3) is 0 Å². The number of anilines is 2. The van der Waals surface area contributed by atoms with E-state index in [9.17, 15) is 0 Å². The quantitative estimate of drug-likeness (QED) is 0.244. The molecule has 0 fully saturated rings. The monoisotopic (exact) mass is 477 g/mol. The Labute approximate surface area is 186 Å². The summed E-state index contributed by atoms with van der Waals surface area (Å²) in [6.45, 7) is 0.254. The number of hydrogen-bond donors (Lipinski definition) is 0. The number of hydrazone groups is 1. The molecule has 148 valence electrons. The third-order valence-corrected chi connectivity index (χ3v) is 5.88. The van der Waals surface area contributed by atoms with Gasteiger partial charge in [-0.1, -0.05) is 46.3 Å². The highest BCUT2D eigenvalue weighted by molar-refractivity contribution is 9.10. The lowest BCUT2D eigenvalue weighted by molar-refractivity contribution is 0.174. The van der Waals surface area contributed by atoms with Crippen LogP contribution in [0.4, 0.5) is 10.8 Å². The molecule has 5 rings (SSSR count). The van der Waals surface area contributed by atoms with E-state index < -0.39 is 0 Å². The van der Waals surface area contributed by atoms with Gasteiger partial charge < -0.3 is 9.47 Å². The molecule has 0 N–H and O–H groups in total. The van der Waals surface area contributed by atoms with E-state index in [1.54, 1.807) is 17.6 Å². The molecular weight excluding hydrogens is 462 g/mol. The number of hydrogen-bond acceptors (Lipinski definition) is 6. The van der Waals surface area contributed by atoms with Crippen molar-refractivity contribution < 1.29 is 9.47 Å². The average Bonchev–Trinajstić information content (AvgIpc) is 3.45. The topological polar surface area (TPSA) is 47.0 Å². The Hall–Kier alpha value is -3.16. The van der Waals surface area contributed by atoms with Gasteiger partial charge in [0.15, 0.2) is 11.5 Å². The first-order valence-electron chi connectivity index (χ1n) is 9.26. The van der Waals surface area contributed by atoms with Crippen LogP contribution >= 0.6 is 27.3 Å². The number of benzene rings is 3. The second-order valence-corrected chi connectivity index (χ2v) is 8.28. The van der Waals surface area contributed by atoms with Crippen LogP contribution in [0.25, 0.3) is 11.3 Å². The Morgan fingerprint density at radius 1 is 0.967 bits per heavy atom. The summed E-state index contributed by atoms with van der Waals surface area (Å²) in [7, 11) is 0. The lowest BCUT2D eigenvalue weighted by atomic mass is 10.2. The van der Waals surface area contributed by atoms with Gasteiger partial charge >= 0.3 is 0 Å². The third-order valence-electron chi connectivity index (χ3n) is 4.53. The predicted octanol–water partition coefficient (Wildman–Crippen LogP) is 6.47. The molecule has 7 heteroatoms. The first-order chi connectivity index (χ1) is 14.8. The van der Waals surface area contributed by atoms with Crippen molar-refractivity contribution in [3.05, 3.63) is 88.2 Å².